The summed E-state index contributed by atoms with van der Waals surface area (Å²) in [6.45, 7) is 1.22. The highest BCUT2D eigenvalue weighted by molar-refractivity contribution is 6.30. The van der Waals surface area contributed by atoms with Gasteiger partial charge in [0.25, 0.3) is 5.91 Å². The Labute approximate surface area is 241 Å². The van der Waals surface area contributed by atoms with Gasteiger partial charge in [0.05, 0.1) is 54.0 Å². The van der Waals surface area contributed by atoms with Gasteiger partial charge in [0.15, 0.2) is 0 Å². The Hall–Kier alpha value is -3.80. The standard InChI is InChI=1S/C27H32ClN7O6/c28-19-6-16(5-18(8-19)27(15-29)1-3-41-4-2-27)22(9-24(38)39)35-23(37)14-31-25(40)17-7-20(11-30-10-17)34-26-32-12-21(36)13-33-26/h5-8,10-11,21-22,26,32-34,36H,1-4,9,12-14H2,(H,31,40)(H,35,37)(H,38,39)/t21?,22-,26?/m0/s1. The molecule has 0 saturated carbocycles. The van der Waals surface area contributed by atoms with Crippen molar-refractivity contribution in [2.45, 2.75) is 43.1 Å². The second kappa shape index (κ2) is 13.7. The maximum absolute atomic E-state index is 12.8. The summed E-state index contributed by atoms with van der Waals surface area (Å²) in [6.07, 6.45) is 2.57. The largest absolute Gasteiger partial charge is 0.481 e. The van der Waals surface area contributed by atoms with Gasteiger partial charge < -0.3 is 30.9 Å². The number of ether oxygens (including phenoxy) is 1. The van der Waals surface area contributed by atoms with Gasteiger partial charge in [-0.1, -0.05) is 17.7 Å². The first-order valence-corrected chi connectivity index (χ1v) is 13.5. The van der Waals surface area contributed by atoms with Crippen LogP contribution in [0.3, 0.4) is 0 Å². The predicted molar refractivity (Wildman–Crippen MR) is 148 cm³/mol. The van der Waals surface area contributed by atoms with Crippen molar-refractivity contribution >= 4 is 35.1 Å². The molecule has 1 atom stereocenters. The number of carboxylic acid groups (broad SMARTS) is 1. The van der Waals surface area contributed by atoms with Gasteiger partial charge in [-0.2, -0.15) is 5.26 Å². The molecule has 0 bridgehead atoms. The highest BCUT2D eigenvalue weighted by Crippen LogP contribution is 2.37. The molecular weight excluding hydrogens is 554 g/mol. The van der Waals surface area contributed by atoms with Crippen LogP contribution in [0.15, 0.2) is 36.7 Å². The van der Waals surface area contributed by atoms with E-state index in [4.69, 9.17) is 16.3 Å². The zero-order valence-corrected chi connectivity index (χ0v) is 22.9. The number of aliphatic hydroxyl groups is 1. The van der Waals surface area contributed by atoms with Gasteiger partial charge in [0.1, 0.15) is 6.29 Å². The molecule has 2 aromatic rings. The highest BCUT2D eigenvalue weighted by atomic mass is 35.5. The van der Waals surface area contributed by atoms with Crippen LogP contribution in [-0.4, -0.2) is 78.2 Å². The van der Waals surface area contributed by atoms with Crippen LogP contribution >= 0.6 is 11.6 Å². The Morgan fingerprint density at radius 1 is 1.17 bits per heavy atom. The minimum Gasteiger partial charge on any atom is -0.481 e. The summed E-state index contributed by atoms with van der Waals surface area (Å²) in [4.78, 5) is 41.2. The van der Waals surface area contributed by atoms with Crippen LogP contribution in [0, 0.1) is 11.3 Å². The van der Waals surface area contributed by atoms with Crippen LogP contribution in [0.2, 0.25) is 5.02 Å². The third kappa shape index (κ3) is 8.12. The molecule has 4 rings (SSSR count). The summed E-state index contributed by atoms with van der Waals surface area (Å²) in [7, 11) is 0. The number of aliphatic carboxylic acids is 1. The molecule has 14 heteroatoms. The van der Waals surface area contributed by atoms with Crippen LogP contribution in [0.4, 0.5) is 5.69 Å². The third-order valence-corrected chi connectivity index (χ3v) is 7.20. The Kier molecular flexibility index (Phi) is 10.1. The van der Waals surface area contributed by atoms with Crippen molar-refractivity contribution in [3.63, 3.8) is 0 Å². The molecule has 2 fully saturated rings. The molecule has 41 heavy (non-hydrogen) atoms. The molecule has 1 aromatic carbocycles. The number of aliphatic hydroxyl groups excluding tert-OH is 1. The molecule has 218 valence electrons. The number of aromatic nitrogens is 1. The minimum absolute atomic E-state index is 0.207. The van der Waals surface area contributed by atoms with E-state index in [0.29, 0.717) is 61.0 Å². The van der Waals surface area contributed by atoms with Gasteiger partial charge in [-0.3, -0.25) is 30.0 Å². The van der Waals surface area contributed by atoms with Crippen LogP contribution in [-0.2, 0) is 19.7 Å². The number of carbonyl (C=O) groups excluding carboxylic acids is 2. The first-order chi connectivity index (χ1) is 19.7. The average molecular weight is 586 g/mol. The lowest BCUT2D eigenvalue weighted by molar-refractivity contribution is -0.137. The number of nitrogens with zero attached hydrogens (tertiary/aromatic N) is 2. The number of hydrogen-bond donors (Lipinski definition) is 7. The number of halogens is 1. The van der Waals surface area contributed by atoms with Crippen molar-refractivity contribution in [2.75, 3.05) is 38.2 Å². The van der Waals surface area contributed by atoms with E-state index in [0.717, 1.165) is 0 Å². The Morgan fingerprint density at radius 2 is 1.90 bits per heavy atom. The maximum atomic E-state index is 12.8. The Balaban J connectivity index is 1.40. The molecule has 0 aliphatic carbocycles. The maximum Gasteiger partial charge on any atom is 0.305 e. The molecule has 0 radical (unpaired) electrons. The monoisotopic (exact) mass is 585 g/mol. The molecule has 2 aliphatic rings. The first-order valence-electron chi connectivity index (χ1n) is 13.1. The number of anilines is 1. The number of hydrogen-bond acceptors (Lipinski definition) is 10. The van der Waals surface area contributed by atoms with E-state index in [-0.39, 0.29) is 11.9 Å². The molecule has 0 spiro atoms. The van der Waals surface area contributed by atoms with E-state index >= 15 is 0 Å². The van der Waals surface area contributed by atoms with Gasteiger partial charge in [-0.25, -0.2) is 0 Å². The summed E-state index contributed by atoms with van der Waals surface area (Å²) < 4.78 is 5.41. The van der Waals surface area contributed by atoms with Crippen LogP contribution in [0.1, 0.15) is 46.8 Å². The van der Waals surface area contributed by atoms with E-state index in [1.165, 1.54) is 12.4 Å². The van der Waals surface area contributed by atoms with Crippen molar-refractivity contribution in [3.05, 3.63) is 58.4 Å². The third-order valence-electron chi connectivity index (χ3n) is 6.99. The van der Waals surface area contributed by atoms with Crippen molar-refractivity contribution < 1.29 is 29.3 Å². The molecule has 0 unspecified atom stereocenters. The molecule has 2 amide bonds. The summed E-state index contributed by atoms with van der Waals surface area (Å²) >= 11 is 6.37. The number of pyridine rings is 1. The Morgan fingerprint density at radius 3 is 2.59 bits per heavy atom. The fraction of sp³-hybridized carbons (Fsp3) is 0.444. The van der Waals surface area contributed by atoms with E-state index in [2.05, 4.69) is 37.6 Å². The van der Waals surface area contributed by atoms with E-state index in [9.17, 15) is 29.9 Å². The molecule has 7 N–H and O–H groups in total. The van der Waals surface area contributed by atoms with Crippen LogP contribution < -0.4 is 26.6 Å². The first kappa shape index (κ1) is 30.2. The zero-order valence-electron chi connectivity index (χ0n) is 22.2. The number of benzene rings is 1. The van der Waals surface area contributed by atoms with E-state index in [1.54, 1.807) is 24.3 Å². The normalized spacial score (nSPS) is 20.7. The predicted octanol–water partition coefficient (Wildman–Crippen LogP) is 0.618. The lowest BCUT2D eigenvalue weighted by Crippen LogP contribution is -2.58. The summed E-state index contributed by atoms with van der Waals surface area (Å²) in [6, 6.07) is 7.93. The van der Waals surface area contributed by atoms with Gasteiger partial charge in [0, 0.05) is 37.5 Å². The quantitative estimate of drug-likeness (QED) is 0.206. The van der Waals surface area contributed by atoms with Gasteiger partial charge in [-0.15, -0.1) is 0 Å². The smallest absolute Gasteiger partial charge is 0.305 e. The Bertz CT molecular complexity index is 1310. The van der Waals surface area contributed by atoms with E-state index < -0.39 is 48.3 Å². The van der Waals surface area contributed by atoms with Crippen molar-refractivity contribution in [1.29, 1.82) is 5.26 Å². The SMILES string of the molecule is N#CC1(c2cc(Cl)cc([C@H](CC(=O)O)NC(=O)CNC(=O)c3cncc(NC4NCC(O)CN4)c3)c2)CCOCC1. The number of carboxylic acids is 1. The zero-order chi connectivity index (χ0) is 29.4. The number of rotatable bonds is 10. The fourth-order valence-corrected chi connectivity index (χ4v) is 5.02. The minimum atomic E-state index is -1.14. The van der Waals surface area contributed by atoms with Gasteiger partial charge in [-0.05, 0) is 42.2 Å². The molecule has 1 aromatic heterocycles. The molecule has 2 saturated heterocycles. The fourth-order valence-electron chi connectivity index (χ4n) is 4.77. The number of amides is 2. The summed E-state index contributed by atoms with van der Waals surface area (Å²) in [5, 5.41) is 43.8. The summed E-state index contributed by atoms with van der Waals surface area (Å²) in [5.74, 6) is -2.30. The summed E-state index contributed by atoms with van der Waals surface area (Å²) in [5.41, 5.74) is 1.00. The second-order valence-electron chi connectivity index (χ2n) is 9.99. The lowest BCUT2D eigenvalue weighted by atomic mass is 9.75. The molecule has 3 heterocycles. The van der Waals surface area contributed by atoms with Crippen LogP contribution in [0.5, 0.6) is 0 Å². The highest BCUT2D eigenvalue weighted by Gasteiger charge is 2.35. The van der Waals surface area contributed by atoms with Crippen molar-refractivity contribution in [3.8, 4) is 6.07 Å². The van der Waals surface area contributed by atoms with E-state index in [1.807, 2.05) is 0 Å². The number of nitrogens with one attached hydrogen (secondary N) is 5. The molecule has 2 aliphatic heterocycles. The second-order valence-corrected chi connectivity index (χ2v) is 10.4. The molecule has 13 nitrogen and oxygen atoms in total. The van der Waals surface area contributed by atoms with Gasteiger partial charge in [0.2, 0.25) is 5.91 Å². The average Bonchev–Trinajstić information content (AvgIpc) is 2.96. The number of nitriles is 1. The van der Waals surface area contributed by atoms with Gasteiger partial charge >= 0.3 is 5.97 Å². The van der Waals surface area contributed by atoms with Crippen molar-refractivity contribution in [1.82, 2.24) is 26.3 Å². The number of carbonyl (C=O) groups is 3. The van der Waals surface area contributed by atoms with Crippen LogP contribution in [0.25, 0.3) is 0 Å². The molecular formula is C27H32ClN7O6. The lowest BCUT2D eigenvalue weighted by Gasteiger charge is -2.32. The number of β-amino-alcohol motifs (C(OH)–C–C–N with tert-alkyl or cyclic N) is 1. The topological polar surface area (TPSA) is 198 Å². The van der Waals surface area contributed by atoms with Crippen molar-refractivity contribution in [2.24, 2.45) is 0 Å².